The van der Waals surface area contributed by atoms with Crippen LogP contribution in [-0.2, 0) is 0 Å². The van der Waals surface area contributed by atoms with E-state index in [1.54, 1.807) is 0 Å². The van der Waals surface area contributed by atoms with E-state index >= 15 is 0 Å². The Morgan fingerprint density at radius 1 is 1.06 bits per heavy atom. The fourth-order valence-electron chi connectivity index (χ4n) is 1.60. The molecule has 0 aromatic heterocycles. The van der Waals surface area contributed by atoms with Gasteiger partial charge in [-0.15, -0.1) is 12.1 Å². The molecule has 0 amide bonds. The molecular weight excluding hydrogens is 229 g/mol. The molecule has 1 aromatic rings. The van der Waals surface area contributed by atoms with E-state index in [1.807, 2.05) is 0 Å². The summed E-state index contributed by atoms with van der Waals surface area (Å²) in [6, 6.07) is 4.79. The zero-order valence-corrected chi connectivity index (χ0v) is 11.3. The van der Waals surface area contributed by atoms with Crippen molar-refractivity contribution >= 4 is 0 Å². The van der Waals surface area contributed by atoms with Crippen LogP contribution >= 0.6 is 0 Å². The van der Waals surface area contributed by atoms with Crippen molar-refractivity contribution < 1.29 is 32.4 Å². The Balaban J connectivity index is 0.00000289. The summed E-state index contributed by atoms with van der Waals surface area (Å²) in [6.45, 7) is 2.60. The molecular formula is C14H19F2LiO. The van der Waals surface area contributed by atoms with Gasteiger partial charge in [-0.3, -0.25) is 4.39 Å². The van der Waals surface area contributed by atoms with Crippen LogP contribution < -0.4 is 23.6 Å². The molecule has 0 spiro atoms. The summed E-state index contributed by atoms with van der Waals surface area (Å²) in [7, 11) is 0. The molecule has 0 aliphatic heterocycles. The van der Waals surface area contributed by atoms with E-state index in [9.17, 15) is 8.78 Å². The Bertz CT molecular complexity index is 332. The number of hydrogen-bond acceptors (Lipinski definition) is 1. The zero-order valence-electron chi connectivity index (χ0n) is 11.3. The molecule has 0 atom stereocenters. The number of benzene rings is 1. The Hall–Kier alpha value is -0.523. The SMILES string of the molecule is CCCCCCCCOc1c[c-]cc(F)c1F.[Li+]. The van der Waals surface area contributed by atoms with Gasteiger partial charge < -0.3 is 4.74 Å². The summed E-state index contributed by atoms with van der Waals surface area (Å²) in [5, 5.41) is 0. The predicted molar refractivity (Wildman–Crippen MR) is 64.1 cm³/mol. The molecule has 18 heavy (non-hydrogen) atoms. The van der Waals surface area contributed by atoms with Gasteiger partial charge in [-0.1, -0.05) is 39.0 Å². The minimum Gasteiger partial charge on any atom is -0.548 e. The number of halogens is 2. The van der Waals surface area contributed by atoms with Crippen LogP contribution in [-0.4, -0.2) is 6.61 Å². The van der Waals surface area contributed by atoms with Crippen molar-refractivity contribution in [1.29, 1.82) is 0 Å². The van der Waals surface area contributed by atoms with Gasteiger partial charge in [-0.2, -0.15) is 6.07 Å². The molecule has 4 heteroatoms. The molecule has 0 N–H and O–H groups in total. The van der Waals surface area contributed by atoms with Crippen LogP contribution in [0.3, 0.4) is 0 Å². The van der Waals surface area contributed by atoms with Gasteiger partial charge in [0.15, 0.2) is 0 Å². The van der Waals surface area contributed by atoms with Crippen molar-refractivity contribution in [2.45, 2.75) is 45.4 Å². The first kappa shape index (κ1) is 17.5. The first-order valence-electron chi connectivity index (χ1n) is 6.23. The zero-order chi connectivity index (χ0) is 12.5. The second-order valence-electron chi connectivity index (χ2n) is 4.10. The maximum absolute atomic E-state index is 13.2. The monoisotopic (exact) mass is 248 g/mol. The standard InChI is InChI=1S/C14H19F2O.Li/c1-2-3-4-5-6-7-11-17-13-10-8-9-12(15)14(13)16;/h9-10H,2-7,11H2,1H3;/q-1;+1. The number of ether oxygens (including phenoxy) is 1. The molecule has 1 rings (SSSR count). The molecule has 1 nitrogen and oxygen atoms in total. The summed E-state index contributed by atoms with van der Waals surface area (Å²) in [5.41, 5.74) is 0. The van der Waals surface area contributed by atoms with Crippen molar-refractivity contribution in [2.24, 2.45) is 0 Å². The van der Waals surface area contributed by atoms with Crippen LogP contribution in [0.5, 0.6) is 5.75 Å². The Morgan fingerprint density at radius 3 is 2.44 bits per heavy atom. The van der Waals surface area contributed by atoms with Crippen molar-refractivity contribution in [3.05, 3.63) is 29.8 Å². The summed E-state index contributed by atoms with van der Waals surface area (Å²) in [4.78, 5) is 0. The Morgan fingerprint density at radius 2 is 1.72 bits per heavy atom. The number of rotatable bonds is 8. The molecule has 0 unspecified atom stereocenters. The first-order valence-corrected chi connectivity index (χ1v) is 6.23. The van der Waals surface area contributed by atoms with Gasteiger partial charge in [-0.25, -0.2) is 4.39 Å². The third kappa shape index (κ3) is 6.42. The van der Waals surface area contributed by atoms with Crippen LogP contribution in [0.1, 0.15) is 45.4 Å². The third-order valence-electron chi connectivity index (χ3n) is 2.61. The first-order chi connectivity index (χ1) is 8.25. The van der Waals surface area contributed by atoms with Gasteiger partial charge in [0.05, 0.1) is 12.4 Å². The Kier molecular flexibility index (Phi) is 10.1. The van der Waals surface area contributed by atoms with Crippen LogP contribution in [0, 0.1) is 17.7 Å². The van der Waals surface area contributed by atoms with Gasteiger partial charge >= 0.3 is 18.9 Å². The van der Waals surface area contributed by atoms with Crippen LogP contribution in [0.4, 0.5) is 8.78 Å². The van der Waals surface area contributed by atoms with E-state index < -0.39 is 11.6 Å². The maximum Gasteiger partial charge on any atom is 1.00 e. The van der Waals surface area contributed by atoms with Gasteiger partial charge in [0.25, 0.3) is 0 Å². The van der Waals surface area contributed by atoms with E-state index in [4.69, 9.17) is 4.74 Å². The summed E-state index contributed by atoms with van der Waals surface area (Å²) in [6.07, 6.45) is 6.84. The summed E-state index contributed by atoms with van der Waals surface area (Å²) >= 11 is 0. The van der Waals surface area contributed by atoms with Crippen LogP contribution in [0.25, 0.3) is 0 Å². The average molecular weight is 248 g/mol. The Labute approximate surface area is 120 Å². The molecule has 0 aliphatic carbocycles. The van der Waals surface area contributed by atoms with E-state index in [2.05, 4.69) is 13.0 Å². The molecule has 0 bridgehead atoms. The van der Waals surface area contributed by atoms with Crippen molar-refractivity contribution in [1.82, 2.24) is 0 Å². The largest absolute Gasteiger partial charge is 1.00 e. The molecule has 0 heterocycles. The van der Waals surface area contributed by atoms with Crippen LogP contribution in [0.2, 0.25) is 0 Å². The van der Waals surface area contributed by atoms with E-state index in [0.717, 1.165) is 18.9 Å². The minimum atomic E-state index is -0.922. The topological polar surface area (TPSA) is 9.23 Å². The molecule has 1 aromatic carbocycles. The second-order valence-corrected chi connectivity index (χ2v) is 4.10. The van der Waals surface area contributed by atoms with Gasteiger partial charge in [-0.05, 0) is 6.42 Å². The molecule has 0 aliphatic rings. The van der Waals surface area contributed by atoms with Crippen molar-refractivity contribution in [3.63, 3.8) is 0 Å². The third-order valence-corrected chi connectivity index (χ3v) is 2.61. The fourth-order valence-corrected chi connectivity index (χ4v) is 1.60. The molecule has 96 valence electrons. The number of hydrogen-bond donors (Lipinski definition) is 0. The van der Waals surface area contributed by atoms with E-state index in [0.29, 0.717) is 6.61 Å². The number of unbranched alkanes of at least 4 members (excludes halogenated alkanes) is 5. The molecule has 0 saturated carbocycles. The van der Waals surface area contributed by atoms with Gasteiger partial charge in [0.1, 0.15) is 0 Å². The normalized spacial score (nSPS) is 9.94. The average Bonchev–Trinajstić information content (AvgIpc) is 2.33. The van der Waals surface area contributed by atoms with Crippen LogP contribution in [0.15, 0.2) is 12.1 Å². The molecule has 0 fully saturated rings. The van der Waals surface area contributed by atoms with Crippen molar-refractivity contribution in [3.8, 4) is 5.75 Å². The second kappa shape index (κ2) is 10.4. The van der Waals surface area contributed by atoms with Crippen molar-refractivity contribution in [2.75, 3.05) is 6.61 Å². The molecule has 0 saturated heterocycles. The van der Waals surface area contributed by atoms with Gasteiger partial charge in [0, 0.05) is 11.6 Å². The summed E-state index contributed by atoms with van der Waals surface area (Å²) < 4.78 is 31.1. The molecule has 0 radical (unpaired) electrons. The van der Waals surface area contributed by atoms with Gasteiger partial charge in [0.2, 0.25) is 0 Å². The quantitative estimate of drug-likeness (QED) is 0.385. The fraction of sp³-hybridized carbons (Fsp3) is 0.571. The van der Waals surface area contributed by atoms with E-state index in [-0.39, 0.29) is 24.6 Å². The maximum atomic E-state index is 13.2. The van der Waals surface area contributed by atoms with E-state index in [1.165, 1.54) is 31.7 Å². The summed E-state index contributed by atoms with van der Waals surface area (Å²) in [5.74, 6) is -1.88. The minimum absolute atomic E-state index is 0. The smallest absolute Gasteiger partial charge is 0.548 e. The predicted octanol–water partition coefficient (Wildman–Crippen LogP) is 1.51.